The zero-order chi connectivity index (χ0) is 12.8. The van der Waals surface area contributed by atoms with Crippen LogP contribution in [0.2, 0.25) is 0 Å². The van der Waals surface area contributed by atoms with Crippen molar-refractivity contribution in [3.63, 3.8) is 0 Å². The lowest BCUT2D eigenvalue weighted by atomic mass is 9.69. The molecule has 2 bridgehead atoms. The number of aromatic nitrogens is 4. The zero-order valence-corrected chi connectivity index (χ0v) is 10.7. The van der Waals surface area contributed by atoms with Crippen molar-refractivity contribution in [2.24, 2.45) is 17.8 Å². The van der Waals surface area contributed by atoms with Gasteiger partial charge in [-0.2, -0.15) is 0 Å². The number of carbonyl (C=O) groups excluding carboxylic acids is 1. The highest BCUT2D eigenvalue weighted by Gasteiger charge is 2.37. The number of amides is 1. The molecule has 1 N–H and O–H groups in total. The summed E-state index contributed by atoms with van der Waals surface area (Å²) in [5.41, 5.74) is 0. The van der Waals surface area contributed by atoms with Crippen molar-refractivity contribution in [1.82, 2.24) is 20.2 Å². The van der Waals surface area contributed by atoms with Crippen molar-refractivity contribution in [3.8, 4) is 0 Å². The van der Waals surface area contributed by atoms with E-state index in [0.717, 1.165) is 25.7 Å². The zero-order valence-electron chi connectivity index (χ0n) is 10.7. The van der Waals surface area contributed by atoms with Crippen LogP contribution in [-0.4, -0.2) is 26.1 Å². The van der Waals surface area contributed by atoms with Crippen LogP contribution in [0.5, 0.6) is 0 Å². The number of tetrazole rings is 1. The van der Waals surface area contributed by atoms with Crippen LogP contribution in [0.1, 0.15) is 38.1 Å². The van der Waals surface area contributed by atoms with Gasteiger partial charge in [0.1, 0.15) is 0 Å². The fourth-order valence-electron chi connectivity index (χ4n) is 3.28. The molecule has 6 heteroatoms. The van der Waals surface area contributed by atoms with Crippen molar-refractivity contribution in [3.05, 3.63) is 12.2 Å². The maximum Gasteiger partial charge on any atom is 0.249 e. The number of anilines is 1. The second-order valence-electron chi connectivity index (χ2n) is 5.90. The first-order valence-electron chi connectivity index (χ1n) is 7.08. The predicted octanol–water partition coefficient (Wildman–Crippen LogP) is 1.55. The number of nitrogens with zero attached hydrogens (tertiary/aromatic N) is 4. The maximum atomic E-state index is 12.4. The van der Waals surface area contributed by atoms with Gasteiger partial charge >= 0.3 is 0 Å². The molecule has 0 unspecified atom stereocenters. The third kappa shape index (κ3) is 1.95. The summed E-state index contributed by atoms with van der Waals surface area (Å²) in [6, 6.07) is 0.382. The first-order chi connectivity index (χ1) is 9.31. The van der Waals surface area contributed by atoms with E-state index in [4.69, 9.17) is 0 Å². The van der Waals surface area contributed by atoms with E-state index in [-0.39, 0.29) is 11.8 Å². The highest BCUT2D eigenvalue weighted by Crippen LogP contribution is 2.41. The number of fused-ring (bicyclic) bond motifs is 2. The van der Waals surface area contributed by atoms with E-state index in [1.807, 2.05) is 0 Å². The molecule has 100 valence electrons. The van der Waals surface area contributed by atoms with Crippen LogP contribution in [-0.2, 0) is 4.79 Å². The van der Waals surface area contributed by atoms with Crippen LogP contribution in [0.4, 0.5) is 5.95 Å². The number of nitrogens with one attached hydrogen (secondary N) is 1. The quantitative estimate of drug-likeness (QED) is 0.836. The van der Waals surface area contributed by atoms with Crippen molar-refractivity contribution in [2.45, 2.75) is 38.1 Å². The number of allylic oxidation sites excluding steroid dienone is 2. The Kier molecular flexibility index (Phi) is 2.43. The van der Waals surface area contributed by atoms with Gasteiger partial charge in [-0.1, -0.05) is 17.3 Å². The van der Waals surface area contributed by atoms with Crippen molar-refractivity contribution < 1.29 is 4.79 Å². The van der Waals surface area contributed by atoms with E-state index in [1.165, 1.54) is 6.42 Å². The van der Waals surface area contributed by atoms with Gasteiger partial charge in [-0.15, -0.1) is 0 Å². The summed E-state index contributed by atoms with van der Waals surface area (Å²) in [5, 5.41) is 14.5. The van der Waals surface area contributed by atoms with E-state index in [1.54, 1.807) is 4.68 Å². The highest BCUT2D eigenvalue weighted by molar-refractivity contribution is 5.91. The molecule has 1 aromatic heterocycles. The third-order valence-electron chi connectivity index (χ3n) is 4.53. The van der Waals surface area contributed by atoms with Gasteiger partial charge in [0, 0.05) is 5.92 Å². The number of hydrogen-bond acceptors (Lipinski definition) is 4. The molecule has 0 radical (unpaired) electrons. The molecule has 2 saturated carbocycles. The molecular weight excluding hydrogens is 242 g/mol. The summed E-state index contributed by atoms with van der Waals surface area (Å²) in [7, 11) is 0. The van der Waals surface area contributed by atoms with Gasteiger partial charge in [0.05, 0.1) is 6.04 Å². The fraction of sp³-hybridized carbons (Fsp3) is 0.692. The second-order valence-corrected chi connectivity index (χ2v) is 5.90. The van der Waals surface area contributed by atoms with Gasteiger partial charge < -0.3 is 0 Å². The molecule has 0 aliphatic heterocycles. The Balaban J connectivity index is 1.49. The minimum absolute atomic E-state index is 0.0794. The van der Waals surface area contributed by atoms with Crippen molar-refractivity contribution in [1.29, 1.82) is 0 Å². The summed E-state index contributed by atoms with van der Waals surface area (Å²) in [6.45, 7) is 0. The van der Waals surface area contributed by atoms with Gasteiger partial charge in [0.25, 0.3) is 0 Å². The Morgan fingerprint density at radius 2 is 2.16 bits per heavy atom. The smallest absolute Gasteiger partial charge is 0.249 e. The van der Waals surface area contributed by atoms with Gasteiger partial charge in [-0.05, 0) is 54.4 Å². The lowest BCUT2D eigenvalue weighted by Crippen LogP contribution is -2.36. The summed E-state index contributed by atoms with van der Waals surface area (Å²) < 4.78 is 1.74. The summed E-state index contributed by atoms with van der Waals surface area (Å²) in [4.78, 5) is 12.4. The minimum atomic E-state index is 0.0794. The lowest BCUT2D eigenvalue weighted by molar-refractivity contribution is -0.122. The highest BCUT2D eigenvalue weighted by atomic mass is 16.2. The molecule has 2 fully saturated rings. The van der Waals surface area contributed by atoms with Gasteiger partial charge in [-0.25, -0.2) is 4.68 Å². The molecular formula is C13H17N5O. The molecule has 6 nitrogen and oxygen atoms in total. The van der Waals surface area contributed by atoms with Gasteiger partial charge in [0.2, 0.25) is 11.9 Å². The standard InChI is InChI=1S/C13H17N5O/c19-12(11-7-8-1-3-9(11)4-2-8)14-13-15-16-17-18(13)10-5-6-10/h1,3,8-11H,2,4-7H2,(H,14,15,17,19)/t8-,9+,11-/m1/s1. The molecule has 0 saturated heterocycles. The molecule has 4 aliphatic rings. The first kappa shape index (κ1) is 11.1. The monoisotopic (exact) mass is 259 g/mol. The van der Waals surface area contributed by atoms with E-state index in [2.05, 4.69) is 33.0 Å². The Bertz CT molecular complexity index is 533. The SMILES string of the molecule is O=C(Nc1nnnn1C1CC1)[C@@H]1C[C@@H]2C=C[C@H]1CC2. The Morgan fingerprint density at radius 3 is 2.79 bits per heavy atom. The summed E-state index contributed by atoms with van der Waals surface area (Å²) in [5.74, 6) is 1.66. The first-order valence-corrected chi connectivity index (χ1v) is 7.08. The minimum Gasteiger partial charge on any atom is -0.293 e. The topological polar surface area (TPSA) is 72.7 Å². The van der Waals surface area contributed by atoms with E-state index in [9.17, 15) is 4.79 Å². The molecule has 1 aromatic rings. The third-order valence-corrected chi connectivity index (χ3v) is 4.53. The van der Waals surface area contributed by atoms with Crippen molar-refractivity contribution in [2.75, 3.05) is 5.32 Å². The number of carbonyl (C=O) groups is 1. The number of hydrogen-bond donors (Lipinski definition) is 1. The largest absolute Gasteiger partial charge is 0.293 e. The van der Waals surface area contributed by atoms with Crippen LogP contribution >= 0.6 is 0 Å². The molecule has 3 atom stereocenters. The Hall–Kier alpha value is -1.72. The van der Waals surface area contributed by atoms with Crippen LogP contribution in [0.3, 0.4) is 0 Å². The molecule has 19 heavy (non-hydrogen) atoms. The summed E-state index contributed by atoms with van der Waals surface area (Å²) >= 11 is 0. The lowest BCUT2D eigenvalue weighted by Gasteiger charge is -2.36. The Morgan fingerprint density at radius 1 is 1.26 bits per heavy atom. The fourth-order valence-corrected chi connectivity index (χ4v) is 3.28. The summed E-state index contributed by atoms with van der Waals surface area (Å²) in [6.07, 6.45) is 10.0. The number of rotatable bonds is 3. The second kappa shape index (κ2) is 4.15. The van der Waals surface area contributed by atoms with Crippen LogP contribution in [0, 0.1) is 17.8 Å². The predicted molar refractivity (Wildman–Crippen MR) is 68.2 cm³/mol. The molecule has 0 aromatic carbocycles. The average molecular weight is 259 g/mol. The van der Waals surface area contributed by atoms with Crippen LogP contribution in [0.15, 0.2) is 12.2 Å². The molecule has 1 heterocycles. The van der Waals surface area contributed by atoms with Crippen molar-refractivity contribution >= 4 is 11.9 Å². The molecule has 0 spiro atoms. The van der Waals surface area contributed by atoms with Crippen LogP contribution < -0.4 is 5.32 Å². The maximum absolute atomic E-state index is 12.4. The van der Waals surface area contributed by atoms with E-state index < -0.39 is 0 Å². The van der Waals surface area contributed by atoms with Gasteiger partial charge in [0.15, 0.2) is 0 Å². The molecule has 5 rings (SSSR count). The molecule has 1 amide bonds. The van der Waals surface area contributed by atoms with Crippen LogP contribution in [0.25, 0.3) is 0 Å². The van der Waals surface area contributed by atoms with E-state index in [0.29, 0.717) is 23.8 Å². The average Bonchev–Trinajstić information content (AvgIpc) is 3.20. The molecule has 4 aliphatic carbocycles. The normalized spacial score (nSPS) is 32.5. The Labute approximate surface area is 111 Å². The van der Waals surface area contributed by atoms with Gasteiger partial charge in [-0.3, -0.25) is 10.1 Å². The van der Waals surface area contributed by atoms with E-state index >= 15 is 0 Å².